The zero-order valence-corrected chi connectivity index (χ0v) is 15.8. The first-order chi connectivity index (χ1) is 12.6. The van der Waals surface area contributed by atoms with Gasteiger partial charge >= 0.3 is 6.18 Å². The van der Waals surface area contributed by atoms with E-state index < -0.39 is 27.9 Å². The zero-order valence-electron chi connectivity index (χ0n) is 14.3. The van der Waals surface area contributed by atoms with E-state index in [1.54, 1.807) is 0 Å². The molecule has 1 N–H and O–H groups in total. The van der Waals surface area contributed by atoms with E-state index in [1.165, 1.54) is 11.0 Å². The standard InChI is InChI=1S/C16H14BrF3N6O/c1-9-3-5-10(6-4-9)7-26-8-21-15(24-26)22-14(27)12-11(17)13(16(18,19)20)25(2)23-12/h3-6,8H,7H2,1-2H3,(H,22,24,27). The molecule has 0 atom stereocenters. The van der Waals surface area contributed by atoms with Gasteiger partial charge in [0.15, 0.2) is 11.4 Å². The third-order valence-electron chi connectivity index (χ3n) is 3.70. The van der Waals surface area contributed by atoms with Crippen molar-refractivity contribution in [2.24, 2.45) is 7.05 Å². The fourth-order valence-electron chi connectivity index (χ4n) is 2.42. The van der Waals surface area contributed by atoms with Crippen LogP contribution in [0.25, 0.3) is 0 Å². The van der Waals surface area contributed by atoms with Crippen molar-refractivity contribution >= 4 is 27.8 Å². The maximum absolute atomic E-state index is 13.0. The highest BCUT2D eigenvalue weighted by molar-refractivity contribution is 9.10. The SMILES string of the molecule is Cc1ccc(Cn2cnc(NC(=O)c3nn(C)c(C(F)(F)F)c3Br)n2)cc1. The summed E-state index contributed by atoms with van der Waals surface area (Å²) >= 11 is 2.80. The summed E-state index contributed by atoms with van der Waals surface area (Å²) in [5.41, 5.74) is 0.667. The van der Waals surface area contributed by atoms with Gasteiger partial charge in [-0.3, -0.25) is 14.8 Å². The topological polar surface area (TPSA) is 77.6 Å². The number of benzene rings is 1. The van der Waals surface area contributed by atoms with Gasteiger partial charge < -0.3 is 0 Å². The van der Waals surface area contributed by atoms with Crippen LogP contribution in [0.15, 0.2) is 35.1 Å². The Morgan fingerprint density at radius 1 is 1.22 bits per heavy atom. The Bertz CT molecular complexity index is 977. The second-order valence-corrected chi connectivity index (χ2v) is 6.63. The third kappa shape index (κ3) is 4.18. The molecule has 0 spiro atoms. The number of aromatic nitrogens is 5. The first kappa shape index (κ1) is 19.1. The number of hydrogen-bond acceptors (Lipinski definition) is 4. The molecule has 3 aromatic rings. The zero-order chi connectivity index (χ0) is 19.8. The Kier molecular flexibility index (Phi) is 5.05. The number of alkyl halides is 3. The lowest BCUT2D eigenvalue weighted by Gasteiger charge is -2.06. The molecule has 142 valence electrons. The van der Waals surface area contributed by atoms with Gasteiger partial charge in [0.25, 0.3) is 5.91 Å². The number of nitrogens with one attached hydrogen (secondary N) is 1. The molecule has 2 aromatic heterocycles. The van der Waals surface area contributed by atoms with Crippen LogP contribution in [0, 0.1) is 6.92 Å². The molecule has 0 bridgehead atoms. The summed E-state index contributed by atoms with van der Waals surface area (Å²) in [5.74, 6) is -0.876. The van der Waals surface area contributed by atoms with Crippen LogP contribution in [-0.4, -0.2) is 30.5 Å². The average molecular weight is 443 g/mol. The highest BCUT2D eigenvalue weighted by atomic mass is 79.9. The van der Waals surface area contributed by atoms with Crippen LogP contribution in [0.3, 0.4) is 0 Å². The molecule has 0 saturated heterocycles. The predicted octanol–water partition coefficient (Wildman–Crippen LogP) is 3.40. The van der Waals surface area contributed by atoms with E-state index in [-0.39, 0.29) is 5.95 Å². The monoisotopic (exact) mass is 442 g/mol. The van der Waals surface area contributed by atoms with Crippen LogP contribution < -0.4 is 5.32 Å². The number of carbonyl (C=O) groups is 1. The highest BCUT2D eigenvalue weighted by Gasteiger charge is 2.39. The summed E-state index contributed by atoms with van der Waals surface area (Å²) in [5, 5.41) is 10.1. The van der Waals surface area contributed by atoms with Crippen LogP contribution in [0.1, 0.15) is 27.3 Å². The van der Waals surface area contributed by atoms with Crippen molar-refractivity contribution in [1.29, 1.82) is 0 Å². The van der Waals surface area contributed by atoms with Gasteiger partial charge in [0, 0.05) is 7.05 Å². The molecule has 0 aliphatic heterocycles. The second kappa shape index (κ2) is 7.14. The molecule has 0 fully saturated rings. The fraction of sp³-hybridized carbons (Fsp3) is 0.250. The Morgan fingerprint density at radius 2 is 1.89 bits per heavy atom. The molecule has 11 heteroatoms. The Morgan fingerprint density at radius 3 is 2.48 bits per heavy atom. The summed E-state index contributed by atoms with van der Waals surface area (Å²) in [7, 11) is 1.11. The summed E-state index contributed by atoms with van der Waals surface area (Å²) in [4.78, 5) is 16.2. The van der Waals surface area contributed by atoms with Gasteiger partial charge in [-0.05, 0) is 28.4 Å². The number of rotatable bonds is 4. The van der Waals surface area contributed by atoms with Gasteiger partial charge in [-0.2, -0.15) is 18.3 Å². The molecule has 0 saturated carbocycles. The molecule has 0 radical (unpaired) electrons. The quantitative estimate of drug-likeness (QED) is 0.671. The van der Waals surface area contributed by atoms with E-state index in [4.69, 9.17) is 0 Å². The summed E-state index contributed by atoms with van der Waals surface area (Å²) in [6, 6.07) is 7.81. The van der Waals surface area contributed by atoms with E-state index in [2.05, 4.69) is 36.4 Å². The molecule has 3 rings (SSSR count). The van der Waals surface area contributed by atoms with E-state index in [0.29, 0.717) is 11.2 Å². The first-order valence-electron chi connectivity index (χ1n) is 7.71. The van der Waals surface area contributed by atoms with Gasteiger partial charge in [0.05, 0.1) is 11.0 Å². The van der Waals surface area contributed by atoms with Crippen LogP contribution in [0.5, 0.6) is 0 Å². The minimum Gasteiger partial charge on any atom is -0.288 e. The number of nitrogens with zero attached hydrogens (tertiary/aromatic N) is 5. The highest BCUT2D eigenvalue weighted by Crippen LogP contribution is 2.36. The minimum atomic E-state index is -4.65. The van der Waals surface area contributed by atoms with Crippen LogP contribution in [0.2, 0.25) is 0 Å². The molecular formula is C16H14BrF3N6O. The van der Waals surface area contributed by atoms with E-state index in [9.17, 15) is 18.0 Å². The maximum Gasteiger partial charge on any atom is 0.434 e. The van der Waals surface area contributed by atoms with E-state index in [1.807, 2.05) is 31.2 Å². The number of hydrogen-bond donors (Lipinski definition) is 1. The van der Waals surface area contributed by atoms with Gasteiger partial charge in [0.2, 0.25) is 5.95 Å². The summed E-state index contributed by atoms with van der Waals surface area (Å²) < 4.78 is 40.7. The normalized spacial score (nSPS) is 11.6. The lowest BCUT2D eigenvalue weighted by Crippen LogP contribution is -2.15. The number of carbonyl (C=O) groups excluding carboxylic acids is 1. The molecule has 0 aliphatic carbocycles. The van der Waals surface area contributed by atoms with Crippen LogP contribution in [-0.2, 0) is 19.8 Å². The molecule has 2 heterocycles. The van der Waals surface area contributed by atoms with Crippen molar-refractivity contribution < 1.29 is 18.0 Å². The Balaban J connectivity index is 1.74. The third-order valence-corrected chi connectivity index (χ3v) is 4.45. The second-order valence-electron chi connectivity index (χ2n) is 5.84. The first-order valence-corrected chi connectivity index (χ1v) is 8.50. The summed E-state index contributed by atoms with van der Waals surface area (Å²) in [6.07, 6.45) is -3.23. The molecule has 0 aliphatic rings. The van der Waals surface area contributed by atoms with E-state index in [0.717, 1.165) is 18.2 Å². The van der Waals surface area contributed by atoms with Crippen molar-refractivity contribution in [3.8, 4) is 0 Å². The molecule has 7 nitrogen and oxygen atoms in total. The smallest absolute Gasteiger partial charge is 0.288 e. The number of anilines is 1. The molecule has 27 heavy (non-hydrogen) atoms. The predicted molar refractivity (Wildman–Crippen MR) is 94.2 cm³/mol. The van der Waals surface area contributed by atoms with Gasteiger partial charge in [0.1, 0.15) is 6.33 Å². The van der Waals surface area contributed by atoms with Crippen molar-refractivity contribution in [1.82, 2.24) is 24.5 Å². The number of aryl methyl sites for hydroxylation is 2. The van der Waals surface area contributed by atoms with E-state index >= 15 is 0 Å². The van der Waals surface area contributed by atoms with Crippen molar-refractivity contribution in [2.45, 2.75) is 19.6 Å². The van der Waals surface area contributed by atoms with Crippen LogP contribution >= 0.6 is 15.9 Å². The molecular weight excluding hydrogens is 429 g/mol. The minimum absolute atomic E-state index is 0.0294. The average Bonchev–Trinajstić information content (AvgIpc) is 3.12. The molecule has 1 amide bonds. The lowest BCUT2D eigenvalue weighted by molar-refractivity contribution is -0.144. The number of amides is 1. The number of halogens is 4. The molecule has 1 aromatic carbocycles. The Labute approximate surface area is 160 Å². The van der Waals surface area contributed by atoms with Crippen molar-refractivity contribution in [3.05, 3.63) is 57.6 Å². The van der Waals surface area contributed by atoms with Gasteiger partial charge in [-0.1, -0.05) is 29.8 Å². The largest absolute Gasteiger partial charge is 0.434 e. The summed E-state index contributed by atoms with van der Waals surface area (Å²) in [6.45, 7) is 2.42. The van der Waals surface area contributed by atoms with Crippen molar-refractivity contribution in [3.63, 3.8) is 0 Å². The van der Waals surface area contributed by atoms with Gasteiger partial charge in [-0.15, -0.1) is 5.10 Å². The van der Waals surface area contributed by atoms with Gasteiger partial charge in [-0.25, -0.2) is 9.67 Å². The Hall–Kier alpha value is -2.69. The lowest BCUT2D eigenvalue weighted by atomic mass is 10.1. The maximum atomic E-state index is 13.0. The van der Waals surface area contributed by atoms with Crippen LogP contribution in [0.4, 0.5) is 19.1 Å². The molecule has 0 unspecified atom stereocenters. The van der Waals surface area contributed by atoms with Crippen molar-refractivity contribution in [2.75, 3.05) is 5.32 Å². The fourth-order valence-corrected chi connectivity index (χ4v) is 3.16.